The molecule has 2 aliphatic rings. The van der Waals surface area contributed by atoms with Crippen molar-refractivity contribution in [3.05, 3.63) is 29.3 Å². The summed E-state index contributed by atoms with van der Waals surface area (Å²) < 4.78 is 0. The number of aryl methyl sites for hydroxylation is 2. The summed E-state index contributed by atoms with van der Waals surface area (Å²) in [6.07, 6.45) is 2.82. The first kappa shape index (κ1) is 14.1. The third kappa shape index (κ3) is 2.23. The molecule has 2 atom stereocenters. The number of piperazine rings is 1. The Morgan fingerprint density at radius 3 is 2.52 bits per heavy atom. The molecular formula is C17H22N2O2. The number of benzene rings is 1. The molecular weight excluding hydrogens is 264 g/mol. The van der Waals surface area contributed by atoms with Gasteiger partial charge in [-0.3, -0.25) is 14.5 Å². The van der Waals surface area contributed by atoms with E-state index in [4.69, 9.17) is 0 Å². The molecule has 0 bridgehead atoms. The van der Waals surface area contributed by atoms with Crippen LogP contribution in [-0.2, 0) is 9.59 Å². The Bertz CT molecular complexity index is 596. The van der Waals surface area contributed by atoms with Crippen LogP contribution in [0.15, 0.2) is 18.2 Å². The van der Waals surface area contributed by atoms with Gasteiger partial charge >= 0.3 is 0 Å². The summed E-state index contributed by atoms with van der Waals surface area (Å²) in [6.45, 7) is 6.64. The van der Waals surface area contributed by atoms with E-state index >= 15 is 0 Å². The van der Waals surface area contributed by atoms with Gasteiger partial charge in [0, 0.05) is 12.2 Å². The number of rotatable bonds is 1. The van der Waals surface area contributed by atoms with Gasteiger partial charge in [-0.2, -0.15) is 0 Å². The van der Waals surface area contributed by atoms with Crippen LogP contribution in [-0.4, -0.2) is 35.3 Å². The molecule has 1 aromatic carbocycles. The number of hydrogen-bond acceptors (Lipinski definition) is 2. The normalized spacial score (nSPS) is 26.0. The third-order valence-corrected chi connectivity index (χ3v) is 4.82. The molecule has 0 aromatic heterocycles. The van der Waals surface area contributed by atoms with Gasteiger partial charge in [0.25, 0.3) is 5.91 Å². The number of carbonyl (C=O) groups excluding carboxylic acids is 2. The lowest BCUT2D eigenvalue weighted by Gasteiger charge is -2.46. The molecule has 4 nitrogen and oxygen atoms in total. The fourth-order valence-electron chi connectivity index (χ4n) is 3.38. The van der Waals surface area contributed by atoms with Crippen LogP contribution in [0.5, 0.6) is 0 Å². The van der Waals surface area contributed by atoms with Crippen LogP contribution in [0, 0.1) is 13.8 Å². The number of hydrogen-bond donors (Lipinski definition) is 0. The minimum absolute atomic E-state index is 0.0741. The van der Waals surface area contributed by atoms with Crippen LogP contribution in [0.3, 0.4) is 0 Å². The highest BCUT2D eigenvalue weighted by Gasteiger charge is 2.45. The maximum Gasteiger partial charge on any atom is 0.250 e. The quantitative estimate of drug-likeness (QED) is 0.795. The summed E-state index contributed by atoms with van der Waals surface area (Å²) in [6, 6.07) is 5.30. The highest BCUT2D eigenvalue weighted by molar-refractivity contribution is 6.08. The van der Waals surface area contributed by atoms with Crippen LogP contribution in [0.2, 0.25) is 0 Å². The second-order valence-corrected chi connectivity index (χ2v) is 6.20. The monoisotopic (exact) mass is 286 g/mol. The number of nitrogens with zero attached hydrogens (tertiary/aromatic N) is 2. The molecule has 0 spiro atoms. The van der Waals surface area contributed by atoms with Crippen molar-refractivity contribution in [1.82, 2.24) is 4.90 Å². The van der Waals surface area contributed by atoms with Crippen LogP contribution >= 0.6 is 0 Å². The molecule has 21 heavy (non-hydrogen) atoms. The summed E-state index contributed by atoms with van der Waals surface area (Å²) in [7, 11) is 0. The van der Waals surface area contributed by atoms with E-state index in [0.29, 0.717) is 0 Å². The van der Waals surface area contributed by atoms with Crippen LogP contribution in [0.25, 0.3) is 0 Å². The lowest BCUT2D eigenvalue weighted by Crippen LogP contribution is -2.65. The summed E-state index contributed by atoms with van der Waals surface area (Å²) in [5.74, 6) is 0.155. The average molecular weight is 286 g/mol. The summed E-state index contributed by atoms with van der Waals surface area (Å²) >= 11 is 0. The Morgan fingerprint density at radius 1 is 1.05 bits per heavy atom. The van der Waals surface area contributed by atoms with Gasteiger partial charge < -0.3 is 4.90 Å². The highest BCUT2D eigenvalue weighted by atomic mass is 16.2. The van der Waals surface area contributed by atoms with Crippen LogP contribution < -0.4 is 4.90 Å². The van der Waals surface area contributed by atoms with Gasteiger partial charge in [0.1, 0.15) is 12.1 Å². The van der Waals surface area contributed by atoms with E-state index in [-0.39, 0.29) is 17.9 Å². The molecule has 2 saturated heterocycles. The van der Waals surface area contributed by atoms with Crippen LogP contribution in [0.1, 0.15) is 37.3 Å². The Balaban J connectivity index is 1.99. The Morgan fingerprint density at radius 2 is 1.81 bits per heavy atom. The molecule has 112 valence electrons. The van der Waals surface area contributed by atoms with Crippen molar-refractivity contribution in [3.63, 3.8) is 0 Å². The second kappa shape index (κ2) is 5.17. The van der Waals surface area contributed by atoms with E-state index < -0.39 is 6.04 Å². The van der Waals surface area contributed by atoms with Crippen molar-refractivity contribution in [2.45, 2.75) is 52.1 Å². The van der Waals surface area contributed by atoms with Crippen molar-refractivity contribution in [1.29, 1.82) is 0 Å². The first-order valence-electron chi connectivity index (χ1n) is 7.71. The molecule has 2 fully saturated rings. The van der Waals surface area contributed by atoms with Crippen molar-refractivity contribution >= 4 is 17.5 Å². The number of amides is 2. The predicted octanol–water partition coefficient (Wildman–Crippen LogP) is 2.42. The molecule has 0 aliphatic carbocycles. The molecule has 0 N–H and O–H groups in total. The molecule has 0 saturated carbocycles. The summed E-state index contributed by atoms with van der Waals surface area (Å²) in [5.41, 5.74) is 3.18. The minimum Gasteiger partial charge on any atom is -0.329 e. The van der Waals surface area contributed by atoms with Gasteiger partial charge in [-0.1, -0.05) is 6.07 Å². The van der Waals surface area contributed by atoms with Crippen molar-refractivity contribution in [3.8, 4) is 0 Å². The van der Waals surface area contributed by atoms with Gasteiger partial charge in [0.05, 0.1) is 0 Å². The predicted molar refractivity (Wildman–Crippen MR) is 82.2 cm³/mol. The lowest BCUT2D eigenvalue weighted by molar-refractivity contribution is -0.147. The number of fused-ring (bicyclic) bond motifs is 1. The minimum atomic E-state index is -0.408. The van der Waals surface area contributed by atoms with Crippen molar-refractivity contribution in [2.24, 2.45) is 0 Å². The lowest BCUT2D eigenvalue weighted by atomic mass is 9.95. The first-order chi connectivity index (χ1) is 10.0. The molecule has 1 aromatic rings. The van der Waals surface area contributed by atoms with Gasteiger partial charge in [-0.05, 0) is 63.3 Å². The van der Waals surface area contributed by atoms with Gasteiger partial charge in [-0.15, -0.1) is 0 Å². The Hall–Kier alpha value is -1.84. The summed E-state index contributed by atoms with van der Waals surface area (Å²) in [5, 5.41) is 0. The zero-order valence-corrected chi connectivity index (χ0v) is 12.9. The third-order valence-electron chi connectivity index (χ3n) is 4.82. The van der Waals surface area contributed by atoms with E-state index in [2.05, 4.69) is 6.92 Å². The number of piperidine rings is 1. The zero-order valence-electron chi connectivity index (χ0n) is 12.9. The zero-order chi connectivity index (χ0) is 15.1. The maximum atomic E-state index is 12.8. The smallest absolute Gasteiger partial charge is 0.250 e. The van der Waals surface area contributed by atoms with E-state index in [9.17, 15) is 9.59 Å². The molecule has 2 amide bonds. The highest BCUT2D eigenvalue weighted by Crippen LogP contribution is 2.30. The van der Waals surface area contributed by atoms with Gasteiger partial charge in [0.2, 0.25) is 5.91 Å². The first-order valence-corrected chi connectivity index (χ1v) is 7.71. The standard InChI is InChI=1S/C17H22N2O2/c1-11-7-8-14(10-12(11)2)19-13(3)16(20)18-9-5-4-6-15(18)17(19)21/h7-8,10,13,15H,4-6,9H2,1-3H3. The number of carbonyl (C=O) groups is 2. The summed E-state index contributed by atoms with van der Waals surface area (Å²) in [4.78, 5) is 28.9. The molecule has 4 heteroatoms. The second-order valence-electron chi connectivity index (χ2n) is 6.20. The van der Waals surface area contributed by atoms with E-state index in [1.807, 2.05) is 32.0 Å². The fourth-order valence-corrected chi connectivity index (χ4v) is 3.38. The SMILES string of the molecule is Cc1ccc(N2C(=O)C3CCCCN3C(=O)C2C)cc1C. The maximum absolute atomic E-state index is 12.8. The van der Waals surface area contributed by atoms with E-state index in [1.165, 1.54) is 5.56 Å². The average Bonchev–Trinajstić information content (AvgIpc) is 2.49. The Labute approximate surface area is 125 Å². The molecule has 2 heterocycles. The largest absolute Gasteiger partial charge is 0.329 e. The van der Waals surface area contributed by atoms with Gasteiger partial charge in [0.15, 0.2) is 0 Å². The fraction of sp³-hybridized carbons (Fsp3) is 0.529. The van der Waals surface area contributed by atoms with E-state index in [0.717, 1.165) is 37.1 Å². The van der Waals surface area contributed by atoms with E-state index in [1.54, 1.807) is 9.80 Å². The molecule has 2 unspecified atom stereocenters. The van der Waals surface area contributed by atoms with Gasteiger partial charge in [-0.25, -0.2) is 0 Å². The number of anilines is 1. The van der Waals surface area contributed by atoms with Crippen molar-refractivity contribution < 1.29 is 9.59 Å². The topological polar surface area (TPSA) is 40.6 Å². The molecule has 3 rings (SSSR count). The van der Waals surface area contributed by atoms with Crippen molar-refractivity contribution in [2.75, 3.05) is 11.4 Å². The molecule has 2 aliphatic heterocycles. The molecule has 0 radical (unpaired) electrons. The van der Waals surface area contributed by atoms with Crippen LogP contribution in [0.4, 0.5) is 5.69 Å². The Kier molecular flexibility index (Phi) is 3.47.